The lowest BCUT2D eigenvalue weighted by Gasteiger charge is -2.20. The molecule has 114 valence electrons. The van der Waals surface area contributed by atoms with Gasteiger partial charge in [-0.2, -0.15) is 0 Å². The summed E-state index contributed by atoms with van der Waals surface area (Å²) in [5.74, 6) is 0.644. The zero-order valence-electron chi connectivity index (χ0n) is 12.5. The van der Waals surface area contributed by atoms with Crippen LogP contribution in [-0.4, -0.2) is 39.6 Å². The number of fused-ring (bicyclic) bond motifs is 1. The molecule has 6 nitrogen and oxygen atoms in total. The van der Waals surface area contributed by atoms with E-state index in [4.69, 9.17) is 5.11 Å². The first-order valence-corrected chi connectivity index (χ1v) is 7.39. The van der Waals surface area contributed by atoms with Crippen molar-refractivity contribution in [2.45, 2.75) is 25.7 Å². The molecule has 3 rings (SSSR count). The van der Waals surface area contributed by atoms with Gasteiger partial charge in [-0.3, -0.25) is 9.78 Å². The van der Waals surface area contributed by atoms with E-state index in [-0.39, 0.29) is 6.42 Å². The summed E-state index contributed by atoms with van der Waals surface area (Å²) in [5.41, 5.74) is 2.95. The fourth-order valence-corrected chi connectivity index (χ4v) is 2.71. The molecule has 0 bridgehead atoms. The molecule has 0 radical (unpaired) electrons. The van der Waals surface area contributed by atoms with Gasteiger partial charge in [0.25, 0.3) is 0 Å². The summed E-state index contributed by atoms with van der Waals surface area (Å²) in [5, 5.41) is 8.87. The van der Waals surface area contributed by atoms with Gasteiger partial charge in [-0.1, -0.05) is 6.07 Å². The molecular formula is C16H18N4O2. The number of carboxylic acid groups (broad SMARTS) is 1. The van der Waals surface area contributed by atoms with E-state index >= 15 is 0 Å². The van der Waals surface area contributed by atoms with E-state index in [0.29, 0.717) is 12.4 Å². The number of rotatable bonds is 5. The number of anilines is 1. The Hall–Kier alpha value is -2.50. The molecule has 1 aliphatic rings. The molecule has 0 atom stereocenters. The third kappa shape index (κ3) is 2.90. The van der Waals surface area contributed by atoms with Gasteiger partial charge in [0, 0.05) is 31.0 Å². The number of hydrogen-bond donors (Lipinski definition) is 1. The Bertz CT molecular complexity index is 688. The first kappa shape index (κ1) is 14.4. The molecule has 0 saturated heterocycles. The van der Waals surface area contributed by atoms with E-state index in [1.54, 1.807) is 6.20 Å². The summed E-state index contributed by atoms with van der Waals surface area (Å²) >= 11 is 0. The Morgan fingerprint density at radius 2 is 2.18 bits per heavy atom. The Labute approximate surface area is 128 Å². The molecule has 6 heteroatoms. The Morgan fingerprint density at radius 3 is 2.91 bits per heavy atom. The van der Waals surface area contributed by atoms with E-state index in [2.05, 4.69) is 15.0 Å². The quantitative estimate of drug-likeness (QED) is 0.908. The van der Waals surface area contributed by atoms with Crippen molar-refractivity contribution in [3.05, 3.63) is 35.7 Å². The molecule has 0 unspecified atom stereocenters. The average Bonchev–Trinajstić information content (AvgIpc) is 3.01. The molecule has 0 amide bonds. The highest BCUT2D eigenvalue weighted by atomic mass is 16.4. The van der Waals surface area contributed by atoms with Crippen LogP contribution < -0.4 is 4.90 Å². The zero-order valence-corrected chi connectivity index (χ0v) is 12.5. The van der Waals surface area contributed by atoms with Crippen LogP contribution in [0.4, 0.5) is 5.82 Å². The minimum Gasteiger partial charge on any atom is -0.481 e. The first-order valence-electron chi connectivity index (χ1n) is 7.39. The number of pyridine rings is 1. The largest absolute Gasteiger partial charge is 0.481 e. The molecule has 2 heterocycles. The molecule has 0 saturated carbocycles. The maximum atomic E-state index is 10.8. The van der Waals surface area contributed by atoms with E-state index in [1.165, 1.54) is 0 Å². The van der Waals surface area contributed by atoms with E-state index in [9.17, 15) is 4.79 Å². The van der Waals surface area contributed by atoms with Gasteiger partial charge >= 0.3 is 5.97 Å². The molecule has 22 heavy (non-hydrogen) atoms. The van der Waals surface area contributed by atoms with Gasteiger partial charge in [0.1, 0.15) is 11.5 Å². The van der Waals surface area contributed by atoms with Gasteiger partial charge in [0.05, 0.1) is 6.42 Å². The van der Waals surface area contributed by atoms with Gasteiger partial charge in [-0.25, -0.2) is 9.97 Å². The highest BCUT2D eigenvalue weighted by molar-refractivity contribution is 5.68. The topological polar surface area (TPSA) is 79.2 Å². The highest BCUT2D eigenvalue weighted by Gasteiger charge is 2.22. The van der Waals surface area contributed by atoms with Gasteiger partial charge in [0.15, 0.2) is 5.82 Å². The summed E-state index contributed by atoms with van der Waals surface area (Å²) in [6.07, 6.45) is 4.77. The summed E-state index contributed by atoms with van der Waals surface area (Å²) in [6.45, 7) is 0.431. The smallest absolute Gasteiger partial charge is 0.305 e. The van der Waals surface area contributed by atoms with Crippen molar-refractivity contribution in [3.8, 4) is 11.5 Å². The second-order valence-electron chi connectivity index (χ2n) is 5.43. The lowest BCUT2D eigenvalue weighted by atomic mass is 10.2. The molecule has 0 fully saturated rings. The Kier molecular flexibility index (Phi) is 4.00. The maximum Gasteiger partial charge on any atom is 0.305 e. The molecule has 1 N–H and O–H groups in total. The number of carbonyl (C=O) groups is 1. The molecule has 2 aromatic heterocycles. The van der Waals surface area contributed by atoms with E-state index in [1.807, 2.05) is 30.1 Å². The van der Waals surface area contributed by atoms with Crippen LogP contribution in [0.3, 0.4) is 0 Å². The molecule has 2 aromatic rings. The second kappa shape index (κ2) is 6.09. The lowest BCUT2D eigenvalue weighted by Crippen LogP contribution is -2.24. The molecule has 0 spiro atoms. The number of hydrogen-bond acceptors (Lipinski definition) is 5. The number of carboxylic acids is 1. The fraction of sp³-hybridized carbons (Fsp3) is 0.375. The monoisotopic (exact) mass is 298 g/mol. The minimum absolute atomic E-state index is 0.0915. The third-order valence-corrected chi connectivity index (χ3v) is 3.83. The SMILES string of the molecule is CN(CCC(=O)O)c1nc(-c2ccccn2)nc2c1CCC2. The van der Waals surface area contributed by atoms with Crippen molar-refractivity contribution in [3.63, 3.8) is 0 Å². The fourth-order valence-electron chi connectivity index (χ4n) is 2.71. The number of aryl methyl sites for hydroxylation is 1. The van der Waals surface area contributed by atoms with Gasteiger partial charge in [-0.05, 0) is 31.4 Å². The predicted octanol–water partition coefficient (Wildman–Crippen LogP) is 1.94. The van der Waals surface area contributed by atoms with Crippen LogP contribution >= 0.6 is 0 Å². The normalized spacial score (nSPS) is 13.0. The van der Waals surface area contributed by atoms with Crippen LogP contribution in [0, 0.1) is 0 Å². The van der Waals surface area contributed by atoms with E-state index in [0.717, 1.165) is 42.0 Å². The van der Waals surface area contributed by atoms with Crippen LogP contribution in [0.2, 0.25) is 0 Å². The second-order valence-corrected chi connectivity index (χ2v) is 5.43. The predicted molar refractivity (Wildman–Crippen MR) is 82.8 cm³/mol. The van der Waals surface area contributed by atoms with Crippen LogP contribution in [0.15, 0.2) is 24.4 Å². The van der Waals surface area contributed by atoms with Gasteiger partial charge in [0.2, 0.25) is 0 Å². The average molecular weight is 298 g/mol. The molecule has 1 aliphatic carbocycles. The number of nitrogens with zero attached hydrogens (tertiary/aromatic N) is 4. The van der Waals surface area contributed by atoms with Crippen LogP contribution in [0.1, 0.15) is 24.1 Å². The lowest BCUT2D eigenvalue weighted by molar-refractivity contribution is -0.136. The summed E-state index contributed by atoms with van der Waals surface area (Å²) < 4.78 is 0. The first-order chi connectivity index (χ1) is 10.6. The van der Waals surface area contributed by atoms with E-state index < -0.39 is 5.97 Å². The van der Waals surface area contributed by atoms with Crippen molar-refractivity contribution >= 4 is 11.8 Å². The summed E-state index contributed by atoms with van der Waals surface area (Å²) in [6, 6.07) is 5.65. The third-order valence-electron chi connectivity index (χ3n) is 3.83. The number of aliphatic carboxylic acids is 1. The molecule has 0 aromatic carbocycles. The van der Waals surface area contributed by atoms with Crippen molar-refractivity contribution in [1.82, 2.24) is 15.0 Å². The van der Waals surface area contributed by atoms with Gasteiger partial charge < -0.3 is 10.0 Å². The summed E-state index contributed by atoms with van der Waals surface area (Å²) in [4.78, 5) is 26.3. The van der Waals surface area contributed by atoms with Crippen molar-refractivity contribution in [1.29, 1.82) is 0 Å². The van der Waals surface area contributed by atoms with Crippen molar-refractivity contribution < 1.29 is 9.90 Å². The highest BCUT2D eigenvalue weighted by Crippen LogP contribution is 2.30. The van der Waals surface area contributed by atoms with Crippen LogP contribution in [0.25, 0.3) is 11.5 Å². The Balaban J connectivity index is 1.98. The van der Waals surface area contributed by atoms with Crippen molar-refractivity contribution in [2.75, 3.05) is 18.5 Å². The molecule has 0 aliphatic heterocycles. The summed E-state index contributed by atoms with van der Waals surface area (Å²) in [7, 11) is 1.88. The van der Waals surface area contributed by atoms with Crippen molar-refractivity contribution in [2.24, 2.45) is 0 Å². The number of aromatic nitrogens is 3. The minimum atomic E-state index is -0.803. The Morgan fingerprint density at radius 1 is 1.32 bits per heavy atom. The maximum absolute atomic E-state index is 10.8. The van der Waals surface area contributed by atoms with Crippen LogP contribution in [0.5, 0.6) is 0 Å². The van der Waals surface area contributed by atoms with Crippen LogP contribution in [-0.2, 0) is 17.6 Å². The molecular weight excluding hydrogens is 280 g/mol. The van der Waals surface area contributed by atoms with Gasteiger partial charge in [-0.15, -0.1) is 0 Å². The standard InChI is InChI=1S/C16H18N4O2/c1-20(10-8-14(21)22)16-11-5-4-7-12(11)18-15(19-16)13-6-2-3-9-17-13/h2-3,6,9H,4-5,7-8,10H2,1H3,(H,21,22). The zero-order chi connectivity index (χ0) is 15.5.